The molecule has 29 heavy (non-hydrogen) atoms. The lowest BCUT2D eigenvalue weighted by Gasteiger charge is -2.34. The molecular formula is C21H32N6O2. The molecule has 8 heteroatoms. The van der Waals surface area contributed by atoms with Gasteiger partial charge in [0.15, 0.2) is 5.82 Å². The van der Waals surface area contributed by atoms with E-state index in [1.165, 1.54) is 19.3 Å². The molecule has 8 nitrogen and oxygen atoms in total. The largest absolute Gasteiger partial charge is 0.339 e. The molecule has 2 aromatic heterocycles. The Kier molecular flexibility index (Phi) is 5.83. The zero-order valence-corrected chi connectivity index (χ0v) is 17.8. The molecule has 0 atom stereocenters. The maximum Gasteiger partial charge on any atom is 0.266 e. The zero-order chi connectivity index (χ0) is 20.4. The first kappa shape index (κ1) is 20.2. The SMILES string of the molecule is CC(C)(C)c1ccc(=O)n(CCN2CCN(Cc3noc(C4CCC4)n3)CC2)n1. The van der Waals surface area contributed by atoms with Crippen LogP contribution in [0, 0.1) is 0 Å². The molecule has 1 aliphatic carbocycles. The Morgan fingerprint density at radius 1 is 1.07 bits per heavy atom. The summed E-state index contributed by atoms with van der Waals surface area (Å²) in [6, 6.07) is 3.47. The fourth-order valence-corrected chi connectivity index (χ4v) is 3.77. The molecule has 1 aliphatic heterocycles. The van der Waals surface area contributed by atoms with Gasteiger partial charge < -0.3 is 4.52 Å². The van der Waals surface area contributed by atoms with Gasteiger partial charge in [-0.2, -0.15) is 10.1 Å². The molecule has 2 aliphatic rings. The summed E-state index contributed by atoms with van der Waals surface area (Å²) in [4.78, 5) is 21.5. The maximum absolute atomic E-state index is 12.2. The van der Waals surface area contributed by atoms with Gasteiger partial charge in [-0.15, -0.1) is 0 Å². The lowest BCUT2D eigenvalue weighted by atomic mass is 9.85. The molecule has 0 amide bonds. The van der Waals surface area contributed by atoms with Crippen LogP contribution in [-0.4, -0.2) is 62.4 Å². The van der Waals surface area contributed by atoms with Gasteiger partial charge in [0.25, 0.3) is 5.56 Å². The van der Waals surface area contributed by atoms with Crippen molar-refractivity contribution in [3.8, 4) is 0 Å². The fraction of sp³-hybridized carbons (Fsp3) is 0.714. The highest BCUT2D eigenvalue weighted by Gasteiger charge is 2.26. The van der Waals surface area contributed by atoms with Gasteiger partial charge in [-0.1, -0.05) is 32.3 Å². The summed E-state index contributed by atoms with van der Waals surface area (Å²) >= 11 is 0. The molecule has 2 aromatic rings. The number of aromatic nitrogens is 4. The molecule has 2 fully saturated rings. The Bertz CT molecular complexity index is 872. The maximum atomic E-state index is 12.2. The molecule has 4 rings (SSSR count). The van der Waals surface area contributed by atoms with E-state index < -0.39 is 0 Å². The Morgan fingerprint density at radius 3 is 2.45 bits per heavy atom. The highest BCUT2D eigenvalue weighted by atomic mass is 16.5. The predicted octanol–water partition coefficient (Wildman–Crippen LogP) is 2.01. The first-order chi connectivity index (χ1) is 13.9. The summed E-state index contributed by atoms with van der Waals surface area (Å²) in [6.07, 6.45) is 3.63. The van der Waals surface area contributed by atoms with Gasteiger partial charge in [0.1, 0.15) is 0 Å². The van der Waals surface area contributed by atoms with Crippen molar-refractivity contribution in [1.29, 1.82) is 0 Å². The Hall–Kier alpha value is -2.06. The van der Waals surface area contributed by atoms with Gasteiger partial charge >= 0.3 is 0 Å². The summed E-state index contributed by atoms with van der Waals surface area (Å²) in [6.45, 7) is 12.4. The molecule has 0 unspecified atom stereocenters. The highest BCUT2D eigenvalue weighted by Crippen LogP contribution is 2.35. The van der Waals surface area contributed by atoms with E-state index in [-0.39, 0.29) is 11.0 Å². The van der Waals surface area contributed by atoms with Crippen LogP contribution < -0.4 is 5.56 Å². The number of rotatable bonds is 6. The zero-order valence-electron chi connectivity index (χ0n) is 17.8. The summed E-state index contributed by atoms with van der Waals surface area (Å²) < 4.78 is 7.03. The molecule has 0 N–H and O–H groups in total. The number of piperazine rings is 1. The minimum absolute atomic E-state index is 0.0315. The molecule has 1 saturated carbocycles. The van der Waals surface area contributed by atoms with Crippen molar-refractivity contribution in [2.75, 3.05) is 32.7 Å². The van der Waals surface area contributed by atoms with Crippen molar-refractivity contribution >= 4 is 0 Å². The van der Waals surface area contributed by atoms with Crippen LogP contribution in [0.1, 0.15) is 63.4 Å². The van der Waals surface area contributed by atoms with Crippen LogP contribution in [-0.2, 0) is 18.5 Å². The third-order valence-electron chi connectivity index (χ3n) is 6.03. The molecule has 0 spiro atoms. The monoisotopic (exact) mass is 400 g/mol. The number of nitrogens with zero attached hydrogens (tertiary/aromatic N) is 6. The minimum atomic E-state index is -0.0608. The minimum Gasteiger partial charge on any atom is -0.339 e. The van der Waals surface area contributed by atoms with E-state index >= 15 is 0 Å². The Balaban J connectivity index is 1.25. The fourth-order valence-electron chi connectivity index (χ4n) is 3.77. The van der Waals surface area contributed by atoms with Crippen LogP contribution in [0.15, 0.2) is 21.5 Å². The van der Waals surface area contributed by atoms with Crippen LogP contribution in [0.25, 0.3) is 0 Å². The van der Waals surface area contributed by atoms with Crippen molar-refractivity contribution in [2.45, 2.75) is 64.5 Å². The summed E-state index contributed by atoms with van der Waals surface area (Å²) in [5.41, 5.74) is 0.855. The summed E-state index contributed by atoms with van der Waals surface area (Å²) in [7, 11) is 0. The van der Waals surface area contributed by atoms with Gasteiger partial charge in [-0.3, -0.25) is 14.6 Å². The molecule has 1 saturated heterocycles. The quantitative estimate of drug-likeness (QED) is 0.734. The second kappa shape index (κ2) is 8.36. The molecule has 3 heterocycles. The van der Waals surface area contributed by atoms with E-state index in [0.29, 0.717) is 12.5 Å². The van der Waals surface area contributed by atoms with Crippen molar-refractivity contribution in [3.05, 3.63) is 39.9 Å². The topological polar surface area (TPSA) is 80.3 Å². The van der Waals surface area contributed by atoms with Crippen LogP contribution >= 0.6 is 0 Å². The van der Waals surface area contributed by atoms with Gasteiger partial charge in [0, 0.05) is 50.1 Å². The summed E-state index contributed by atoms with van der Waals surface area (Å²) in [5.74, 6) is 2.11. The summed E-state index contributed by atoms with van der Waals surface area (Å²) in [5, 5.41) is 8.73. The van der Waals surface area contributed by atoms with Crippen LogP contribution in [0.2, 0.25) is 0 Å². The van der Waals surface area contributed by atoms with E-state index in [9.17, 15) is 4.79 Å². The Morgan fingerprint density at radius 2 is 1.79 bits per heavy atom. The van der Waals surface area contributed by atoms with E-state index in [4.69, 9.17) is 4.52 Å². The average Bonchev–Trinajstić information content (AvgIpc) is 3.07. The molecule has 0 radical (unpaired) electrons. The van der Waals surface area contributed by atoms with E-state index in [1.807, 2.05) is 6.07 Å². The van der Waals surface area contributed by atoms with Gasteiger partial charge in [0.2, 0.25) is 5.89 Å². The van der Waals surface area contributed by atoms with Crippen molar-refractivity contribution < 1.29 is 4.52 Å². The third-order valence-corrected chi connectivity index (χ3v) is 6.03. The lowest BCUT2D eigenvalue weighted by molar-refractivity contribution is 0.119. The lowest BCUT2D eigenvalue weighted by Crippen LogP contribution is -2.47. The Labute approximate surface area is 171 Å². The first-order valence-corrected chi connectivity index (χ1v) is 10.7. The number of hydrogen-bond acceptors (Lipinski definition) is 7. The van der Waals surface area contributed by atoms with Gasteiger partial charge in [0.05, 0.1) is 18.8 Å². The molecular weight excluding hydrogens is 368 g/mol. The first-order valence-electron chi connectivity index (χ1n) is 10.7. The normalized spacial score (nSPS) is 19.4. The van der Waals surface area contributed by atoms with Gasteiger partial charge in [-0.25, -0.2) is 4.68 Å². The van der Waals surface area contributed by atoms with Crippen molar-refractivity contribution in [1.82, 2.24) is 29.7 Å². The standard InChI is InChI=1S/C21H32N6O2/c1-21(2,3)17-7-8-19(28)27(23-17)14-13-25-9-11-26(12-10-25)15-18-22-20(29-24-18)16-5-4-6-16/h7-8,16H,4-6,9-15H2,1-3H3. The van der Waals surface area contributed by atoms with Crippen LogP contribution in [0.4, 0.5) is 0 Å². The highest BCUT2D eigenvalue weighted by molar-refractivity contribution is 5.10. The second-order valence-electron chi connectivity index (χ2n) is 9.32. The van der Waals surface area contributed by atoms with Crippen LogP contribution in [0.5, 0.6) is 0 Å². The van der Waals surface area contributed by atoms with E-state index in [2.05, 4.69) is 45.8 Å². The smallest absolute Gasteiger partial charge is 0.266 e. The molecule has 0 aromatic carbocycles. The molecule has 158 valence electrons. The predicted molar refractivity (Wildman–Crippen MR) is 110 cm³/mol. The van der Waals surface area contributed by atoms with Crippen LogP contribution in [0.3, 0.4) is 0 Å². The third kappa shape index (κ3) is 4.93. The average molecular weight is 401 g/mol. The molecule has 0 bridgehead atoms. The van der Waals surface area contributed by atoms with Gasteiger partial charge in [-0.05, 0) is 18.9 Å². The second-order valence-corrected chi connectivity index (χ2v) is 9.32. The number of hydrogen-bond donors (Lipinski definition) is 0. The van der Waals surface area contributed by atoms with E-state index in [1.54, 1.807) is 10.7 Å². The van der Waals surface area contributed by atoms with E-state index in [0.717, 1.165) is 56.7 Å². The van der Waals surface area contributed by atoms with Crippen molar-refractivity contribution in [3.63, 3.8) is 0 Å². The van der Waals surface area contributed by atoms with Crippen molar-refractivity contribution in [2.24, 2.45) is 0 Å².